The normalized spacial score (nSPS) is 16.0. The fourth-order valence-corrected chi connectivity index (χ4v) is 2.50. The van der Waals surface area contributed by atoms with Gasteiger partial charge in [-0.3, -0.25) is 10.1 Å². The first kappa shape index (κ1) is 13.7. The van der Waals surface area contributed by atoms with E-state index in [0.29, 0.717) is 5.95 Å². The maximum absolute atomic E-state index is 13.4. The van der Waals surface area contributed by atoms with Gasteiger partial charge in [-0.2, -0.15) is 10.1 Å². The second-order valence-electron chi connectivity index (χ2n) is 5.67. The average molecular weight is 288 g/mol. The molecule has 21 heavy (non-hydrogen) atoms. The average Bonchev–Trinajstić information content (AvgIpc) is 3.13. The lowest BCUT2D eigenvalue weighted by molar-refractivity contribution is -0.118. The predicted octanol–water partition coefficient (Wildman–Crippen LogP) is 2.67. The number of carbonyl (C=O) groups excluding carboxylic acids is 1. The highest BCUT2D eigenvalue weighted by molar-refractivity contribution is 6.00. The van der Waals surface area contributed by atoms with Gasteiger partial charge in [-0.15, -0.1) is 0 Å². The molecule has 1 saturated carbocycles. The van der Waals surface area contributed by atoms with Crippen LogP contribution in [0.3, 0.4) is 0 Å². The molecule has 1 aliphatic rings. The van der Waals surface area contributed by atoms with Gasteiger partial charge in [0, 0.05) is 0 Å². The molecule has 0 bridgehead atoms. The summed E-state index contributed by atoms with van der Waals surface area (Å²) in [6, 6.07) is 6.34. The molecule has 0 aliphatic heterocycles. The molecule has 1 heterocycles. The number of carbonyl (C=O) groups is 1. The van der Waals surface area contributed by atoms with Crippen molar-refractivity contribution in [2.45, 2.75) is 38.1 Å². The highest BCUT2D eigenvalue weighted by atomic mass is 19.1. The summed E-state index contributed by atoms with van der Waals surface area (Å²) < 4.78 is 15.0. The molecule has 1 N–H and O–H groups in total. The van der Waals surface area contributed by atoms with Gasteiger partial charge < -0.3 is 0 Å². The first-order valence-corrected chi connectivity index (χ1v) is 7.00. The van der Waals surface area contributed by atoms with Crippen LogP contribution >= 0.6 is 0 Å². The molecule has 3 rings (SSSR count). The molecule has 6 heteroatoms. The van der Waals surface area contributed by atoms with E-state index in [4.69, 9.17) is 0 Å². The smallest absolute Gasteiger partial charge is 0.237 e. The third-order valence-corrected chi connectivity index (χ3v) is 3.85. The monoisotopic (exact) mass is 288 g/mol. The van der Waals surface area contributed by atoms with E-state index in [0.717, 1.165) is 18.4 Å². The summed E-state index contributed by atoms with van der Waals surface area (Å²) in [5, 5.41) is 6.91. The van der Waals surface area contributed by atoms with E-state index in [1.807, 2.05) is 13.8 Å². The van der Waals surface area contributed by atoms with Crippen molar-refractivity contribution in [2.24, 2.45) is 0 Å². The van der Waals surface area contributed by atoms with Gasteiger partial charge in [0.1, 0.15) is 12.1 Å². The molecule has 1 aliphatic carbocycles. The minimum Gasteiger partial charge on any atom is -0.294 e. The Labute approximate surface area is 122 Å². The van der Waals surface area contributed by atoms with E-state index in [-0.39, 0.29) is 17.8 Å². The second-order valence-corrected chi connectivity index (χ2v) is 5.67. The number of benzene rings is 1. The lowest BCUT2D eigenvalue weighted by atomic mass is 9.95. The number of halogens is 1. The lowest BCUT2D eigenvalue weighted by Crippen LogP contribution is -2.29. The molecule has 0 atom stereocenters. The Morgan fingerprint density at radius 3 is 2.81 bits per heavy atom. The van der Waals surface area contributed by atoms with Gasteiger partial charge >= 0.3 is 0 Å². The number of hydrogen-bond acceptors (Lipinski definition) is 3. The number of rotatable bonds is 4. The molecular formula is C15H17FN4O. The number of hydrogen-bond donors (Lipinski definition) is 1. The van der Waals surface area contributed by atoms with E-state index in [2.05, 4.69) is 15.4 Å². The molecular weight excluding hydrogens is 271 g/mol. The maximum Gasteiger partial charge on any atom is 0.237 e. The van der Waals surface area contributed by atoms with Crippen molar-refractivity contribution >= 4 is 11.9 Å². The molecule has 0 spiro atoms. The summed E-state index contributed by atoms with van der Waals surface area (Å²) in [6.45, 7) is 3.92. The highest BCUT2D eigenvalue weighted by Crippen LogP contribution is 2.49. The number of anilines is 1. The van der Waals surface area contributed by atoms with Crippen LogP contribution in [0.1, 0.15) is 38.3 Å². The zero-order valence-electron chi connectivity index (χ0n) is 12.0. The van der Waals surface area contributed by atoms with E-state index >= 15 is 0 Å². The molecule has 1 amide bonds. The first-order chi connectivity index (χ1) is 10.0. The third-order valence-electron chi connectivity index (χ3n) is 3.85. The van der Waals surface area contributed by atoms with Gasteiger partial charge in [0.25, 0.3) is 0 Å². The van der Waals surface area contributed by atoms with Gasteiger partial charge in [-0.25, -0.2) is 9.07 Å². The molecule has 5 nitrogen and oxygen atoms in total. The predicted molar refractivity (Wildman–Crippen MR) is 76.3 cm³/mol. The van der Waals surface area contributed by atoms with Crippen molar-refractivity contribution in [2.75, 3.05) is 5.32 Å². The van der Waals surface area contributed by atoms with Crippen LogP contribution < -0.4 is 5.32 Å². The van der Waals surface area contributed by atoms with E-state index in [1.54, 1.807) is 16.8 Å². The summed E-state index contributed by atoms with van der Waals surface area (Å²) in [4.78, 5) is 16.6. The van der Waals surface area contributed by atoms with Crippen LogP contribution in [0, 0.1) is 5.82 Å². The Morgan fingerprint density at radius 2 is 2.19 bits per heavy atom. The molecule has 110 valence electrons. The molecule has 2 aromatic rings. The summed E-state index contributed by atoms with van der Waals surface area (Å²) in [5.41, 5.74) is 0.0891. The minimum atomic E-state index is -0.629. The second kappa shape index (κ2) is 4.95. The number of aromatic nitrogens is 3. The van der Waals surface area contributed by atoms with Crippen molar-refractivity contribution < 1.29 is 9.18 Å². The quantitative estimate of drug-likeness (QED) is 0.941. The fraction of sp³-hybridized carbons (Fsp3) is 0.400. The Morgan fingerprint density at radius 1 is 1.43 bits per heavy atom. The topological polar surface area (TPSA) is 59.8 Å². The molecule has 1 fully saturated rings. The largest absolute Gasteiger partial charge is 0.294 e. The van der Waals surface area contributed by atoms with Gasteiger partial charge in [0.2, 0.25) is 11.9 Å². The van der Waals surface area contributed by atoms with Gasteiger partial charge in [-0.05, 0) is 44.4 Å². The Balaban J connectivity index is 1.84. The Kier molecular flexibility index (Phi) is 3.23. The summed E-state index contributed by atoms with van der Waals surface area (Å²) in [6.07, 6.45) is 2.85. The molecule has 0 saturated heterocycles. The molecule has 0 unspecified atom stereocenters. The van der Waals surface area contributed by atoms with Gasteiger partial charge in [0.05, 0.1) is 11.5 Å². The highest BCUT2D eigenvalue weighted by Gasteiger charge is 2.51. The van der Waals surface area contributed by atoms with E-state index in [9.17, 15) is 9.18 Å². The summed E-state index contributed by atoms with van der Waals surface area (Å²) >= 11 is 0. The van der Waals surface area contributed by atoms with Crippen LogP contribution in [0.2, 0.25) is 0 Å². The first-order valence-electron chi connectivity index (χ1n) is 7.00. The Bertz CT molecular complexity index is 676. The van der Waals surface area contributed by atoms with Crippen molar-refractivity contribution in [1.29, 1.82) is 0 Å². The van der Waals surface area contributed by atoms with Crippen LogP contribution in [0.25, 0.3) is 0 Å². The van der Waals surface area contributed by atoms with Crippen molar-refractivity contribution in [3.63, 3.8) is 0 Å². The number of nitrogens with zero attached hydrogens (tertiary/aromatic N) is 3. The standard InChI is InChI=1S/C15H17FN4O/c1-10(2)20-14(17-9-18-20)19-13(21)15(6-7-15)11-4-3-5-12(16)8-11/h3-5,8-10H,6-7H2,1-2H3,(H,17,18,19,21). The molecule has 1 aromatic heterocycles. The summed E-state index contributed by atoms with van der Waals surface area (Å²) in [7, 11) is 0. The van der Waals surface area contributed by atoms with Crippen molar-refractivity contribution in [3.8, 4) is 0 Å². The number of nitrogens with one attached hydrogen (secondary N) is 1. The molecule has 0 radical (unpaired) electrons. The SMILES string of the molecule is CC(C)n1ncnc1NC(=O)C1(c2cccc(F)c2)CC1. The van der Waals surface area contributed by atoms with E-state index in [1.165, 1.54) is 18.5 Å². The van der Waals surface area contributed by atoms with Gasteiger partial charge in [-0.1, -0.05) is 12.1 Å². The number of amides is 1. The minimum absolute atomic E-state index is 0.104. The van der Waals surface area contributed by atoms with Crippen LogP contribution in [0.4, 0.5) is 10.3 Å². The lowest BCUT2D eigenvalue weighted by Gasteiger charge is -2.16. The van der Waals surface area contributed by atoms with Gasteiger partial charge in [0.15, 0.2) is 0 Å². The fourth-order valence-electron chi connectivity index (χ4n) is 2.50. The van der Waals surface area contributed by atoms with Crippen LogP contribution in [0.5, 0.6) is 0 Å². The van der Waals surface area contributed by atoms with Crippen LogP contribution in [-0.2, 0) is 10.2 Å². The maximum atomic E-state index is 13.4. The zero-order chi connectivity index (χ0) is 15.0. The molecule has 1 aromatic carbocycles. The van der Waals surface area contributed by atoms with Crippen LogP contribution in [-0.4, -0.2) is 20.7 Å². The summed E-state index contributed by atoms with van der Waals surface area (Å²) in [5.74, 6) is -0.0439. The Hall–Kier alpha value is -2.24. The van der Waals surface area contributed by atoms with Crippen molar-refractivity contribution in [3.05, 3.63) is 42.0 Å². The van der Waals surface area contributed by atoms with Crippen LogP contribution in [0.15, 0.2) is 30.6 Å². The third kappa shape index (κ3) is 2.41. The van der Waals surface area contributed by atoms with E-state index < -0.39 is 5.41 Å². The van der Waals surface area contributed by atoms with Crippen molar-refractivity contribution in [1.82, 2.24) is 14.8 Å². The zero-order valence-corrected chi connectivity index (χ0v) is 12.0.